The van der Waals surface area contributed by atoms with Gasteiger partial charge in [-0.1, -0.05) is 0 Å². The van der Waals surface area contributed by atoms with E-state index < -0.39 is 59.4 Å². The molecule has 170 valence electrons. The third kappa shape index (κ3) is 8.75. The van der Waals surface area contributed by atoms with Gasteiger partial charge in [0.2, 0.25) is 11.2 Å². The topological polar surface area (TPSA) is 208 Å². The van der Waals surface area contributed by atoms with Crippen molar-refractivity contribution >= 4 is 32.9 Å². The van der Waals surface area contributed by atoms with Gasteiger partial charge in [0, 0.05) is 10.4 Å². The number of benzene rings is 1. The second kappa shape index (κ2) is 11.8. The summed E-state index contributed by atoms with van der Waals surface area (Å²) in [4.78, 5) is 6.08. The summed E-state index contributed by atoms with van der Waals surface area (Å²) >= 11 is -4.24. The fraction of sp³-hybridized carbons (Fsp3) is 0.250. The first-order valence-electron chi connectivity index (χ1n) is 7.96. The Bertz CT molecular complexity index is 1210. The molecular weight excluding hydrogens is 472 g/mol. The molecule has 1 rings (SSSR count). The predicted molar refractivity (Wildman–Crippen MR) is 107 cm³/mol. The van der Waals surface area contributed by atoms with Crippen LogP contribution >= 0.6 is 11.2 Å². The molecule has 0 fully saturated rings. The van der Waals surface area contributed by atoms with Gasteiger partial charge in [-0.05, 0) is 12.1 Å². The van der Waals surface area contributed by atoms with Gasteiger partial charge >= 0.3 is 10.4 Å². The number of nitriles is 2. The zero-order chi connectivity index (χ0) is 24.4. The Morgan fingerprint density at radius 1 is 0.844 bits per heavy atom. The third-order valence-electron chi connectivity index (χ3n) is 3.18. The SMILES string of the molecule is [C-]#[N+]C(C#N)=c1cc(OCCOS(=O)(=O)O)c(=C(C#N)[N+]#[C-])cc1OCCOS(O)(O)O. The van der Waals surface area contributed by atoms with Crippen molar-refractivity contribution in [1.29, 1.82) is 10.5 Å². The van der Waals surface area contributed by atoms with Crippen molar-refractivity contribution in [2.24, 2.45) is 0 Å². The fourth-order valence-corrected chi connectivity index (χ4v) is 2.62. The molecule has 0 amide bonds. The highest BCUT2D eigenvalue weighted by Crippen LogP contribution is 2.33. The fourth-order valence-electron chi connectivity index (χ4n) is 2.05. The molecule has 4 N–H and O–H groups in total. The van der Waals surface area contributed by atoms with Gasteiger partial charge in [-0.3, -0.25) is 22.4 Å². The minimum absolute atomic E-state index is 0.130. The minimum Gasteiger partial charge on any atom is -0.492 e. The molecule has 1 aromatic rings. The maximum absolute atomic E-state index is 10.6. The number of rotatable bonds is 10. The first-order chi connectivity index (χ1) is 15.0. The summed E-state index contributed by atoms with van der Waals surface area (Å²) in [5, 5.41) is 18.1. The number of hydrogen-bond acceptors (Lipinski definition) is 11. The van der Waals surface area contributed by atoms with Crippen LogP contribution in [0.15, 0.2) is 12.1 Å². The van der Waals surface area contributed by atoms with Crippen molar-refractivity contribution in [2.45, 2.75) is 0 Å². The van der Waals surface area contributed by atoms with E-state index in [4.69, 9.17) is 40.8 Å². The Labute approximate surface area is 183 Å². The monoisotopic (exact) mass is 486 g/mol. The van der Waals surface area contributed by atoms with Crippen LogP contribution in [-0.2, 0) is 18.8 Å². The molecule has 0 aliphatic heterocycles. The molecule has 0 bridgehead atoms. The summed E-state index contributed by atoms with van der Waals surface area (Å²) < 4.78 is 75.2. The lowest BCUT2D eigenvalue weighted by Gasteiger charge is -2.18. The van der Waals surface area contributed by atoms with Gasteiger partial charge in [0.15, 0.2) is 0 Å². The van der Waals surface area contributed by atoms with Crippen molar-refractivity contribution in [3.8, 4) is 23.6 Å². The summed E-state index contributed by atoms with van der Waals surface area (Å²) in [7, 11) is -4.73. The summed E-state index contributed by atoms with van der Waals surface area (Å²) in [5.74, 6) is -0.375. The van der Waals surface area contributed by atoms with Gasteiger partial charge in [-0.25, -0.2) is 24.4 Å². The molecule has 0 aliphatic rings. The molecule has 0 aromatic heterocycles. The Morgan fingerprint density at radius 2 is 1.25 bits per heavy atom. The maximum Gasteiger partial charge on any atom is 0.397 e. The first-order valence-corrected chi connectivity index (χ1v) is 10.8. The molecule has 0 atom stereocenters. The highest BCUT2D eigenvalue weighted by atomic mass is 32.3. The molecule has 0 heterocycles. The van der Waals surface area contributed by atoms with E-state index in [2.05, 4.69) is 18.1 Å². The van der Waals surface area contributed by atoms with Crippen LogP contribution in [0.5, 0.6) is 11.5 Å². The molecule has 32 heavy (non-hydrogen) atoms. The lowest BCUT2D eigenvalue weighted by molar-refractivity contribution is 0.164. The minimum atomic E-state index is -4.73. The highest BCUT2D eigenvalue weighted by molar-refractivity contribution is 8.15. The van der Waals surface area contributed by atoms with E-state index in [1.807, 2.05) is 0 Å². The lowest BCUT2D eigenvalue weighted by Crippen LogP contribution is -2.22. The first kappa shape index (κ1) is 26.6. The average Bonchev–Trinajstić information content (AvgIpc) is 2.70. The molecular formula is C16H14N4O10S2. The van der Waals surface area contributed by atoms with Crippen molar-refractivity contribution in [3.05, 3.63) is 45.4 Å². The molecule has 0 saturated heterocycles. The van der Waals surface area contributed by atoms with Gasteiger partial charge in [-0.15, -0.1) is 0 Å². The standard InChI is InChI=1S/C16H14N4O10S2/c1-19-13(9-17)11-7-16(28-4-6-30-32(24,25)26)12(14(10-18)20-2)8-15(11)27-3-5-29-31(21,22)23/h7-8,21-23H,3-6H2,(H,24,25,26). The smallest absolute Gasteiger partial charge is 0.397 e. The van der Waals surface area contributed by atoms with Crippen molar-refractivity contribution in [1.82, 2.24) is 0 Å². The molecule has 0 aliphatic carbocycles. The van der Waals surface area contributed by atoms with Crippen molar-refractivity contribution < 1.29 is 44.5 Å². The van der Waals surface area contributed by atoms with Crippen LogP contribution in [0.25, 0.3) is 21.1 Å². The summed E-state index contributed by atoms with van der Waals surface area (Å²) in [6.07, 6.45) is 0. The van der Waals surface area contributed by atoms with E-state index in [1.165, 1.54) is 0 Å². The van der Waals surface area contributed by atoms with E-state index in [1.54, 1.807) is 12.1 Å². The van der Waals surface area contributed by atoms with Gasteiger partial charge in [0.1, 0.15) is 37.9 Å². The Hall–Kier alpha value is -3.42. The number of hydrogen-bond donors (Lipinski definition) is 4. The second-order valence-electron chi connectivity index (χ2n) is 5.23. The molecule has 14 nitrogen and oxygen atoms in total. The van der Waals surface area contributed by atoms with E-state index in [9.17, 15) is 18.9 Å². The zero-order valence-electron chi connectivity index (χ0n) is 15.8. The molecule has 0 unspecified atom stereocenters. The summed E-state index contributed by atoms with van der Waals surface area (Å²) in [5.41, 5.74) is -0.950. The van der Waals surface area contributed by atoms with Gasteiger partial charge in [0.05, 0.1) is 25.3 Å². The van der Waals surface area contributed by atoms with Crippen LogP contribution in [0, 0.1) is 35.8 Å². The van der Waals surface area contributed by atoms with Crippen LogP contribution in [0.2, 0.25) is 0 Å². The van der Waals surface area contributed by atoms with Gasteiger partial charge < -0.3 is 9.47 Å². The van der Waals surface area contributed by atoms with Crippen LogP contribution in [-0.4, -0.2) is 53.1 Å². The van der Waals surface area contributed by atoms with E-state index in [-0.39, 0.29) is 21.9 Å². The van der Waals surface area contributed by atoms with E-state index >= 15 is 0 Å². The molecule has 0 saturated carbocycles. The summed E-state index contributed by atoms with van der Waals surface area (Å²) in [6, 6.07) is 5.44. The normalized spacial score (nSPS) is 13.5. The third-order valence-corrected chi connectivity index (χ3v) is 4.13. The largest absolute Gasteiger partial charge is 0.492 e. The lowest BCUT2D eigenvalue weighted by atomic mass is 10.1. The Morgan fingerprint density at radius 3 is 1.56 bits per heavy atom. The average molecular weight is 486 g/mol. The zero-order valence-corrected chi connectivity index (χ0v) is 17.5. The van der Waals surface area contributed by atoms with Crippen molar-refractivity contribution in [2.75, 3.05) is 26.4 Å². The predicted octanol–water partition coefficient (Wildman–Crippen LogP) is 0.521. The van der Waals surface area contributed by atoms with Crippen molar-refractivity contribution in [3.63, 3.8) is 0 Å². The van der Waals surface area contributed by atoms with E-state index in [0.29, 0.717) is 0 Å². The van der Waals surface area contributed by atoms with Gasteiger partial charge in [0.25, 0.3) is 11.4 Å². The van der Waals surface area contributed by atoms with Crippen LogP contribution < -0.4 is 19.9 Å². The number of ether oxygens (including phenoxy) is 2. The van der Waals surface area contributed by atoms with Crippen LogP contribution in [0.4, 0.5) is 0 Å². The molecule has 0 radical (unpaired) electrons. The molecule has 1 aromatic carbocycles. The Balaban J connectivity index is 3.50. The van der Waals surface area contributed by atoms with Crippen LogP contribution in [0.1, 0.15) is 0 Å². The van der Waals surface area contributed by atoms with Crippen LogP contribution in [0.3, 0.4) is 0 Å². The molecule has 16 heteroatoms. The molecule has 0 spiro atoms. The Kier molecular flexibility index (Phi) is 9.84. The highest BCUT2D eigenvalue weighted by Gasteiger charge is 2.14. The van der Waals surface area contributed by atoms with Gasteiger partial charge in [-0.2, -0.15) is 8.42 Å². The second-order valence-corrected chi connectivity index (χ2v) is 7.49. The van der Waals surface area contributed by atoms with E-state index in [0.717, 1.165) is 12.1 Å². The maximum atomic E-state index is 10.6. The summed E-state index contributed by atoms with van der Waals surface area (Å²) in [6.45, 7) is 12.3. The quantitative estimate of drug-likeness (QED) is 0.203. The number of nitrogens with zero attached hydrogens (tertiary/aromatic N) is 4.